The average Bonchev–Trinajstić information content (AvgIpc) is 3.80. The SMILES string of the molecule is c1ccc(-c2nc(-c3ccc(-c4ccc5c(c4)C4(c6ccccc6O5)c5ccccc5-c5ccccc54)cc3)cc(-c3ccc4c(c3)oc3ccccc34)n2)cc1. The van der Waals surface area contributed by atoms with E-state index in [0.29, 0.717) is 5.82 Å². The molecule has 1 spiro atoms. The van der Waals surface area contributed by atoms with E-state index in [4.69, 9.17) is 19.1 Å². The van der Waals surface area contributed by atoms with Crippen LogP contribution in [0.25, 0.3) is 78.1 Å². The lowest BCUT2D eigenvalue weighted by Gasteiger charge is -2.39. The summed E-state index contributed by atoms with van der Waals surface area (Å²) in [6.45, 7) is 0. The maximum atomic E-state index is 6.68. The molecule has 8 aromatic carbocycles. The highest BCUT2D eigenvalue weighted by Gasteiger charge is 2.51. The molecular weight excluding hydrogens is 697 g/mol. The standard InChI is InChI=1S/C53H32N2O2/c1-2-12-35(13-3-1)52-54-46(32-47(55-52)37-26-28-41-40-16-6-10-20-48(40)56-51(41)31-37)34-24-22-33(23-25-34)36-27-29-50-45(30-36)53(44-19-9-11-21-49(44)57-50)42-17-7-4-14-38(42)39-15-5-8-18-43(39)53/h1-32H. The Morgan fingerprint density at radius 3 is 1.72 bits per heavy atom. The molecule has 0 saturated carbocycles. The lowest BCUT2D eigenvalue weighted by molar-refractivity contribution is 0.436. The van der Waals surface area contributed by atoms with E-state index in [0.717, 1.165) is 83.8 Å². The summed E-state index contributed by atoms with van der Waals surface area (Å²) in [6.07, 6.45) is 0. The first-order valence-corrected chi connectivity index (χ1v) is 19.3. The van der Waals surface area contributed by atoms with Gasteiger partial charge in [-0.3, -0.25) is 0 Å². The van der Waals surface area contributed by atoms with Crippen LogP contribution in [0, 0.1) is 0 Å². The van der Waals surface area contributed by atoms with Crippen LogP contribution in [-0.4, -0.2) is 9.97 Å². The predicted octanol–water partition coefficient (Wildman–Crippen LogP) is 13.5. The molecule has 1 aliphatic carbocycles. The first-order chi connectivity index (χ1) is 28.2. The molecule has 12 rings (SSSR count). The number of nitrogens with zero attached hydrogens (tertiary/aromatic N) is 2. The molecule has 2 aromatic heterocycles. The zero-order valence-electron chi connectivity index (χ0n) is 30.7. The molecule has 10 aromatic rings. The summed E-state index contributed by atoms with van der Waals surface area (Å²) >= 11 is 0. The minimum atomic E-state index is -0.510. The van der Waals surface area contributed by atoms with Gasteiger partial charge in [0.15, 0.2) is 5.82 Å². The Morgan fingerprint density at radius 1 is 0.351 bits per heavy atom. The number of furan rings is 1. The number of benzene rings is 8. The number of fused-ring (bicyclic) bond motifs is 12. The van der Waals surface area contributed by atoms with Crippen LogP contribution >= 0.6 is 0 Å². The minimum Gasteiger partial charge on any atom is -0.457 e. The van der Waals surface area contributed by atoms with Gasteiger partial charge in [0.2, 0.25) is 0 Å². The fourth-order valence-electron chi connectivity index (χ4n) is 9.21. The average molecular weight is 729 g/mol. The molecule has 0 saturated heterocycles. The van der Waals surface area contributed by atoms with Crippen molar-refractivity contribution in [3.8, 4) is 67.7 Å². The van der Waals surface area contributed by atoms with Gasteiger partial charge in [0.05, 0.1) is 16.8 Å². The van der Waals surface area contributed by atoms with E-state index in [9.17, 15) is 0 Å². The van der Waals surface area contributed by atoms with Gasteiger partial charge in [0.25, 0.3) is 0 Å². The van der Waals surface area contributed by atoms with Crippen LogP contribution in [-0.2, 0) is 5.41 Å². The van der Waals surface area contributed by atoms with Crippen LogP contribution in [0.5, 0.6) is 11.5 Å². The van der Waals surface area contributed by atoms with Gasteiger partial charge in [0, 0.05) is 38.6 Å². The molecule has 57 heavy (non-hydrogen) atoms. The van der Waals surface area contributed by atoms with Gasteiger partial charge in [-0.25, -0.2) is 9.97 Å². The van der Waals surface area contributed by atoms with Crippen LogP contribution in [0.3, 0.4) is 0 Å². The summed E-state index contributed by atoms with van der Waals surface area (Å²) in [5.41, 5.74) is 15.5. The summed E-state index contributed by atoms with van der Waals surface area (Å²) < 4.78 is 12.9. The van der Waals surface area contributed by atoms with E-state index >= 15 is 0 Å². The van der Waals surface area contributed by atoms with Crippen molar-refractivity contribution in [2.45, 2.75) is 5.41 Å². The van der Waals surface area contributed by atoms with E-state index in [1.807, 2.05) is 36.4 Å². The second-order valence-corrected chi connectivity index (χ2v) is 14.9. The van der Waals surface area contributed by atoms with E-state index < -0.39 is 5.41 Å². The largest absolute Gasteiger partial charge is 0.457 e. The monoisotopic (exact) mass is 728 g/mol. The molecule has 1 aliphatic heterocycles. The third-order valence-corrected chi connectivity index (χ3v) is 11.8. The van der Waals surface area contributed by atoms with Crippen molar-refractivity contribution < 1.29 is 9.15 Å². The maximum absolute atomic E-state index is 6.68. The van der Waals surface area contributed by atoms with Crippen LogP contribution in [0.4, 0.5) is 0 Å². The van der Waals surface area contributed by atoms with Gasteiger partial charge in [0.1, 0.15) is 22.7 Å². The third kappa shape index (κ3) is 4.74. The highest BCUT2D eigenvalue weighted by atomic mass is 16.5. The molecule has 4 heteroatoms. The Morgan fingerprint density at radius 2 is 0.930 bits per heavy atom. The van der Waals surface area contributed by atoms with E-state index in [2.05, 4.69) is 158 Å². The van der Waals surface area contributed by atoms with E-state index in [1.165, 1.54) is 22.3 Å². The van der Waals surface area contributed by atoms with Gasteiger partial charge >= 0.3 is 0 Å². The second-order valence-electron chi connectivity index (χ2n) is 14.9. The van der Waals surface area contributed by atoms with E-state index in [-0.39, 0.29) is 0 Å². The third-order valence-electron chi connectivity index (χ3n) is 11.8. The van der Waals surface area contributed by atoms with Gasteiger partial charge in [-0.2, -0.15) is 0 Å². The molecule has 3 heterocycles. The fourth-order valence-corrected chi connectivity index (χ4v) is 9.21. The Bertz CT molecular complexity index is 3170. The lowest BCUT2D eigenvalue weighted by atomic mass is 9.66. The number of rotatable bonds is 4. The number of ether oxygens (including phenoxy) is 1. The quantitative estimate of drug-likeness (QED) is 0.181. The molecule has 266 valence electrons. The topological polar surface area (TPSA) is 48.2 Å². The van der Waals surface area contributed by atoms with E-state index in [1.54, 1.807) is 0 Å². The molecule has 0 N–H and O–H groups in total. The molecular formula is C53H32N2O2. The van der Waals surface area contributed by atoms with Crippen molar-refractivity contribution in [2.24, 2.45) is 0 Å². The molecule has 0 unspecified atom stereocenters. The van der Waals surface area contributed by atoms with Crippen molar-refractivity contribution in [3.63, 3.8) is 0 Å². The van der Waals surface area contributed by atoms with Crippen molar-refractivity contribution in [1.29, 1.82) is 0 Å². The molecule has 0 fully saturated rings. The fraction of sp³-hybridized carbons (Fsp3) is 0.0189. The van der Waals surface area contributed by atoms with Crippen molar-refractivity contribution in [2.75, 3.05) is 0 Å². The Kier molecular flexibility index (Phi) is 6.81. The molecule has 2 aliphatic rings. The molecule has 0 radical (unpaired) electrons. The number of aromatic nitrogens is 2. The summed E-state index contributed by atoms with van der Waals surface area (Å²) in [4.78, 5) is 10.2. The molecule has 0 atom stereocenters. The van der Waals surface area contributed by atoms with Crippen LogP contribution in [0.1, 0.15) is 22.3 Å². The van der Waals surface area contributed by atoms with Crippen molar-refractivity contribution in [3.05, 3.63) is 216 Å². The van der Waals surface area contributed by atoms with Gasteiger partial charge in [-0.15, -0.1) is 0 Å². The summed E-state index contributed by atoms with van der Waals surface area (Å²) in [5.74, 6) is 2.45. The molecule has 0 bridgehead atoms. The maximum Gasteiger partial charge on any atom is 0.160 e. The molecule has 0 amide bonds. The number of hydrogen-bond acceptors (Lipinski definition) is 4. The zero-order chi connectivity index (χ0) is 37.5. The smallest absolute Gasteiger partial charge is 0.160 e. The van der Waals surface area contributed by atoms with Crippen LogP contribution in [0.15, 0.2) is 199 Å². The second kappa shape index (κ2) is 12.2. The first-order valence-electron chi connectivity index (χ1n) is 19.3. The van der Waals surface area contributed by atoms with Crippen LogP contribution in [0.2, 0.25) is 0 Å². The number of hydrogen-bond donors (Lipinski definition) is 0. The van der Waals surface area contributed by atoms with Gasteiger partial charge in [-0.1, -0.05) is 152 Å². The summed E-state index contributed by atoms with van der Waals surface area (Å²) in [5, 5.41) is 2.20. The van der Waals surface area contributed by atoms with Gasteiger partial charge < -0.3 is 9.15 Å². The first kappa shape index (κ1) is 31.8. The lowest BCUT2D eigenvalue weighted by Crippen LogP contribution is -2.32. The summed E-state index contributed by atoms with van der Waals surface area (Å²) in [7, 11) is 0. The Balaban J connectivity index is 0.976. The minimum absolute atomic E-state index is 0.510. The Hall–Kier alpha value is -7.56. The zero-order valence-corrected chi connectivity index (χ0v) is 30.7. The van der Waals surface area contributed by atoms with Gasteiger partial charge in [-0.05, 0) is 75.8 Å². The Labute approximate surface area is 329 Å². The highest BCUT2D eigenvalue weighted by molar-refractivity contribution is 6.05. The normalized spacial score (nSPS) is 13.2. The van der Waals surface area contributed by atoms with Crippen molar-refractivity contribution >= 4 is 21.9 Å². The highest BCUT2D eigenvalue weighted by Crippen LogP contribution is 2.62. The molecule has 4 nitrogen and oxygen atoms in total. The summed E-state index contributed by atoms with van der Waals surface area (Å²) in [6, 6.07) is 68.3. The van der Waals surface area contributed by atoms with Crippen molar-refractivity contribution in [1.82, 2.24) is 9.97 Å². The number of para-hydroxylation sites is 2. The van der Waals surface area contributed by atoms with Crippen LogP contribution < -0.4 is 4.74 Å². The predicted molar refractivity (Wildman–Crippen MR) is 228 cm³/mol.